The van der Waals surface area contributed by atoms with E-state index in [1.165, 1.54) is 32.1 Å². The lowest BCUT2D eigenvalue weighted by Crippen LogP contribution is -2.26. The standard InChI is InChI=1S/C22H38ClN3O5S/c1-22(2,3)30-20(27)15-18(12-7-11-17-9-5-4-6-10-17)21-25-19(26-31-21)16-24-32(28,29)14-8-13-23/h17-18,24H,4-16H2,1-3H3/t18-/m1/s1. The van der Waals surface area contributed by atoms with E-state index in [2.05, 4.69) is 14.9 Å². The van der Waals surface area contributed by atoms with Crippen LogP contribution in [-0.4, -0.2) is 41.8 Å². The molecule has 0 saturated heterocycles. The SMILES string of the molecule is CC(C)(C)OC(=O)C[C@@H](CCCC1CCCCC1)c1nc(CNS(=O)(=O)CCCCl)no1. The number of ether oxygens (including phenoxy) is 1. The summed E-state index contributed by atoms with van der Waals surface area (Å²) in [7, 11) is -3.45. The maximum Gasteiger partial charge on any atom is 0.307 e. The number of carbonyl (C=O) groups is 1. The first-order valence-electron chi connectivity index (χ1n) is 11.7. The van der Waals surface area contributed by atoms with Crippen LogP contribution in [0.3, 0.4) is 0 Å². The van der Waals surface area contributed by atoms with Gasteiger partial charge in [0.25, 0.3) is 0 Å². The molecule has 1 aliphatic rings. The number of halogens is 1. The fourth-order valence-corrected chi connectivity index (χ4v) is 5.33. The second-order valence-corrected chi connectivity index (χ2v) is 12.0. The second-order valence-electron chi connectivity index (χ2n) is 9.65. The van der Waals surface area contributed by atoms with Crippen molar-refractivity contribution in [2.24, 2.45) is 5.92 Å². The largest absolute Gasteiger partial charge is 0.460 e. The van der Waals surface area contributed by atoms with E-state index in [-0.39, 0.29) is 42.3 Å². The predicted octanol–water partition coefficient (Wildman–Crippen LogP) is 4.68. The number of sulfonamides is 1. The summed E-state index contributed by atoms with van der Waals surface area (Å²) in [5, 5.41) is 3.91. The number of carbonyl (C=O) groups excluding carboxylic acids is 1. The van der Waals surface area contributed by atoms with E-state index >= 15 is 0 Å². The molecule has 1 saturated carbocycles. The summed E-state index contributed by atoms with van der Waals surface area (Å²) >= 11 is 5.57. The Morgan fingerprint density at radius 2 is 1.97 bits per heavy atom. The van der Waals surface area contributed by atoms with Crippen molar-refractivity contribution in [3.63, 3.8) is 0 Å². The zero-order valence-corrected chi connectivity index (χ0v) is 21.1. The lowest BCUT2D eigenvalue weighted by Gasteiger charge is -2.23. The van der Waals surface area contributed by atoms with Crippen molar-refractivity contribution in [1.29, 1.82) is 0 Å². The molecule has 1 N–H and O–H groups in total. The highest BCUT2D eigenvalue weighted by Gasteiger charge is 2.26. The van der Waals surface area contributed by atoms with E-state index < -0.39 is 15.6 Å². The van der Waals surface area contributed by atoms with E-state index in [9.17, 15) is 13.2 Å². The van der Waals surface area contributed by atoms with E-state index in [4.69, 9.17) is 20.9 Å². The summed E-state index contributed by atoms with van der Waals surface area (Å²) < 4.78 is 37.3. The summed E-state index contributed by atoms with van der Waals surface area (Å²) in [4.78, 5) is 16.8. The Balaban J connectivity index is 1.98. The molecule has 0 aliphatic heterocycles. The molecule has 0 bridgehead atoms. The van der Waals surface area contributed by atoms with Gasteiger partial charge in [0.1, 0.15) is 5.60 Å². The Hall–Kier alpha value is -1.19. The van der Waals surface area contributed by atoms with Gasteiger partial charge >= 0.3 is 5.97 Å². The molecule has 0 radical (unpaired) electrons. The topological polar surface area (TPSA) is 111 Å². The molecule has 1 aliphatic carbocycles. The fraction of sp³-hybridized carbons (Fsp3) is 0.864. The summed E-state index contributed by atoms with van der Waals surface area (Å²) in [6.07, 6.45) is 9.89. The number of nitrogens with zero attached hydrogens (tertiary/aromatic N) is 2. The highest BCUT2D eigenvalue weighted by molar-refractivity contribution is 7.89. The number of hydrogen-bond acceptors (Lipinski definition) is 7. The maximum absolute atomic E-state index is 12.5. The average molecular weight is 492 g/mol. The van der Waals surface area contributed by atoms with Crippen LogP contribution in [0.5, 0.6) is 0 Å². The number of nitrogens with one attached hydrogen (secondary N) is 1. The zero-order chi connectivity index (χ0) is 23.6. The molecule has 0 amide bonds. The monoisotopic (exact) mass is 491 g/mol. The molecule has 184 valence electrons. The van der Waals surface area contributed by atoms with Crippen LogP contribution in [-0.2, 0) is 26.1 Å². The third kappa shape index (κ3) is 10.6. The van der Waals surface area contributed by atoms with Gasteiger partial charge in [-0.25, -0.2) is 13.1 Å². The van der Waals surface area contributed by atoms with Crippen molar-refractivity contribution in [1.82, 2.24) is 14.9 Å². The molecule has 0 aromatic carbocycles. The highest BCUT2D eigenvalue weighted by Crippen LogP contribution is 2.31. The molecule has 1 heterocycles. The Morgan fingerprint density at radius 3 is 2.62 bits per heavy atom. The van der Waals surface area contributed by atoms with Gasteiger partial charge in [-0.3, -0.25) is 4.79 Å². The Morgan fingerprint density at radius 1 is 1.25 bits per heavy atom. The molecule has 0 unspecified atom stereocenters. The van der Waals surface area contributed by atoms with E-state index in [1.807, 2.05) is 20.8 Å². The molecule has 2 rings (SSSR count). The quantitative estimate of drug-likeness (QED) is 0.315. The predicted molar refractivity (Wildman–Crippen MR) is 124 cm³/mol. The summed E-state index contributed by atoms with van der Waals surface area (Å²) in [5.74, 6) is 1.03. The Kier molecular flexibility index (Phi) is 10.9. The molecule has 1 aromatic heterocycles. The summed E-state index contributed by atoms with van der Waals surface area (Å²) in [5.41, 5.74) is -0.564. The van der Waals surface area contributed by atoms with Crippen molar-refractivity contribution < 1.29 is 22.5 Å². The minimum absolute atomic E-state index is 0.0519. The number of esters is 1. The maximum atomic E-state index is 12.5. The van der Waals surface area contributed by atoms with Crippen molar-refractivity contribution in [2.45, 2.75) is 103 Å². The van der Waals surface area contributed by atoms with Crippen molar-refractivity contribution in [3.8, 4) is 0 Å². The van der Waals surface area contributed by atoms with Crippen LogP contribution in [0.15, 0.2) is 4.52 Å². The number of alkyl halides is 1. The molecule has 8 nitrogen and oxygen atoms in total. The minimum atomic E-state index is -3.45. The van der Waals surface area contributed by atoms with Crippen molar-refractivity contribution in [2.75, 3.05) is 11.6 Å². The first kappa shape index (κ1) is 27.1. The third-order valence-electron chi connectivity index (χ3n) is 5.55. The molecule has 1 aromatic rings. The van der Waals surface area contributed by atoms with Crippen LogP contribution in [0, 0.1) is 5.92 Å². The van der Waals surface area contributed by atoms with Crippen LogP contribution in [0.2, 0.25) is 0 Å². The van der Waals surface area contributed by atoms with Crippen molar-refractivity contribution in [3.05, 3.63) is 11.7 Å². The number of hydrogen-bond donors (Lipinski definition) is 1. The van der Waals surface area contributed by atoms with Gasteiger partial charge in [0.2, 0.25) is 15.9 Å². The Labute approximate surface area is 197 Å². The smallest absolute Gasteiger partial charge is 0.307 e. The summed E-state index contributed by atoms with van der Waals surface area (Å²) in [6.45, 7) is 5.45. The molecular weight excluding hydrogens is 454 g/mol. The van der Waals surface area contributed by atoms with Gasteiger partial charge < -0.3 is 9.26 Å². The zero-order valence-electron chi connectivity index (χ0n) is 19.6. The van der Waals surface area contributed by atoms with Crippen LogP contribution in [0.1, 0.15) is 103 Å². The molecule has 1 fully saturated rings. The lowest BCUT2D eigenvalue weighted by molar-refractivity contribution is -0.155. The van der Waals surface area contributed by atoms with Gasteiger partial charge in [0, 0.05) is 11.8 Å². The van der Waals surface area contributed by atoms with Crippen molar-refractivity contribution >= 4 is 27.6 Å². The normalized spacial score (nSPS) is 16.8. The molecule has 10 heteroatoms. The highest BCUT2D eigenvalue weighted by atomic mass is 35.5. The van der Waals surface area contributed by atoms with Gasteiger partial charge in [-0.05, 0) is 39.5 Å². The van der Waals surface area contributed by atoms with Gasteiger partial charge in [-0.2, -0.15) is 4.98 Å². The first-order chi connectivity index (χ1) is 15.1. The van der Waals surface area contributed by atoms with Gasteiger partial charge in [0.15, 0.2) is 5.82 Å². The summed E-state index contributed by atoms with van der Waals surface area (Å²) in [6, 6.07) is 0. The average Bonchev–Trinajstić information content (AvgIpc) is 3.19. The van der Waals surface area contributed by atoms with Crippen LogP contribution in [0.25, 0.3) is 0 Å². The van der Waals surface area contributed by atoms with Gasteiger partial charge in [-0.15, -0.1) is 11.6 Å². The van der Waals surface area contributed by atoms with Gasteiger partial charge in [-0.1, -0.05) is 50.1 Å². The molecular formula is C22H38ClN3O5S. The fourth-order valence-electron chi connectivity index (χ4n) is 4.02. The third-order valence-corrected chi connectivity index (χ3v) is 7.23. The minimum Gasteiger partial charge on any atom is -0.460 e. The lowest BCUT2D eigenvalue weighted by atomic mass is 9.84. The van der Waals surface area contributed by atoms with Crippen LogP contribution in [0.4, 0.5) is 0 Å². The number of rotatable bonds is 13. The van der Waals surface area contributed by atoms with Crippen LogP contribution < -0.4 is 4.72 Å². The van der Waals surface area contributed by atoms with E-state index in [0.717, 1.165) is 25.2 Å². The Bertz CT molecular complexity index is 801. The molecule has 32 heavy (non-hydrogen) atoms. The molecule has 0 spiro atoms. The molecule has 1 atom stereocenters. The number of aromatic nitrogens is 2. The second kappa shape index (κ2) is 12.9. The first-order valence-corrected chi connectivity index (χ1v) is 13.8. The van der Waals surface area contributed by atoms with Gasteiger partial charge in [0.05, 0.1) is 18.7 Å². The van der Waals surface area contributed by atoms with E-state index in [0.29, 0.717) is 12.3 Å². The van der Waals surface area contributed by atoms with Crippen LogP contribution >= 0.6 is 11.6 Å². The van der Waals surface area contributed by atoms with E-state index in [1.54, 1.807) is 0 Å².